The van der Waals surface area contributed by atoms with Gasteiger partial charge < -0.3 is 4.74 Å². The third-order valence-electron chi connectivity index (χ3n) is 2.19. The molecule has 0 saturated carbocycles. The first-order valence-corrected chi connectivity index (χ1v) is 4.80. The van der Waals surface area contributed by atoms with Crippen molar-refractivity contribution in [3.63, 3.8) is 0 Å². The van der Waals surface area contributed by atoms with E-state index in [-0.39, 0.29) is 6.23 Å². The summed E-state index contributed by atoms with van der Waals surface area (Å²) in [6.45, 7) is 7.44. The van der Waals surface area contributed by atoms with Crippen LogP contribution in [0.2, 0.25) is 0 Å². The van der Waals surface area contributed by atoms with Crippen molar-refractivity contribution in [3.8, 4) is 0 Å². The molecule has 0 aliphatic carbocycles. The summed E-state index contributed by atoms with van der Waals surface area (Å²) >= 11 is 4.26. The van der Waals surface area contributed by atoms with Gasteiger partial charge in [-0.15, -0.1) is 0 Å². The van der Waals surface area contributed by atoms with Gasteiger partial charge in [0, 0.05) is 18.3 Å². The number of hydrogen-bond donors (Lipinski definition) is 1. The largest absolute Gasteiger partial charge is 0.359 e. The van der Waals surface area contributed by atoms with Crippen LogP contribution in [0.3, 0.4) is 0 Å². The molecule has 0 spiro atoms. The van der Waals surface area contributed by atoms with Gasteiger partial charge in [-0.3, -0.25) is 4.90 Å². The standard InChI is InChI=1S/C8H17NOS/c1-6(5-11)9-4-7(2)10-8(9)3/h6-8,11H,4-5H2,1-3H3/t6?,7-,8?/m0/s1. The Balaban J connectivity index is 2.45. The first kappa shape index (κ1) is 9.36. The average molecular weight is 175 g/mol. The highest BCUT2D eigenvalue weighted by Crippen LogP contribution is 2.18. The molecule has 11 heavy (non-hydrogen) atoms. The zero-order valence-electron chi connectivity index (χ0n) is 7.45. The van der Waals surface area contributed by atoms with Crippen molar-refractivity contribution < 1.29 is 4.74 Å². The van der Waals surface area contributed by atoms with Crippen molar-refractivity contribution in [1.29, 1.82) is 0 Å². The molecule has 0 aromatic heterocycles. The molecule has 1 rings (SSSR count). The summed E-state index contributed by atoms with van der Waals surface area (Å²) in [4.78, 5) is 2.34. The quantitative estimate of drug-likeness (QED) is 0.636. The van der Waals surface area contributed by atoms with Gasteiger partial charge in [-0.25, -0.2) is 0 Å². The molecule has 3 atom stereocenters. The van der Waals surface area contributed by atoms with Crippen LogP contribution < -0.4 is 0 Å². The first-order chi connectivity index (χ1) is 5.15. The second kappa shape index (κ2) is 3.78. The van der Waals surface area contributed by atoms with Crippen LogP contribution in [0.15, 0.2) is 0 Å². The van der Waals surface area contributed by atoms with Gasteiger partial charge in [0.15, 0.2) is 0 Å². The Kier molecular flexibility index (Phi) is 3.22. The van der Waals surface area contributed by atoms with Crippen LogP contribution in [0.25, 0.3) is 0 Å². The van der Waals surface area contributed by atoms with E-state index in [1.54, 1.807) is 0 Å². The number of thiol groups is 1. The Morgan fingerprint density at radius 2 is 2.27 bits per heavy atom. The molecule has 0 aromatic carbocycles. The van der Waals surface area contributed by atoms with E-state index >= 15 is 0 Å². The lowest BCUT2D eigenvalue weighted by Crippen LogP contribution is -2.37. The number of rotatable bonds is 2. The topological polar surface area (TPSA) is 12.5 Å². The van der Waals surface area contributed by atoms with Crippen molar-refractivity contribution in [2.24, 2.45) is 0 Å². The number of nitrogens with zero attached hydrogens (tertiary/aromatic N) is 1. The summed E-state index contributed by atoms with van der Waals surface area (Å²) in [5.41, 5.74) is 0. The molecule has 0 amide bonds. The molecule has 2 unspecified atom stereocenters. The predicted molar refractivity (Wildman–Crippen MR) is 50.0 cm³/mol. The Morgan fingerprint density at radius 3 is 2.64 bits per heavy atom. The smallest absolute Gasteiger partial charge is 0.108 e. The zero-order valence-corrected chi connectivity index (χ0v) is 8.34. The molecule has 0 radical (unpaired) electrons. The van der Waals surface area contributed by atoms with E-state index in [1.165, 1.54) is 0 Å². The van der Waals surface area contributed by atoms with Crippen LogP contribution in [0.1, 0.15) is 20.8 Å². The summed E-state index contributed by atoms with van der Waals surface area (Å²) in [7, 11) is 0. The minimum Gasteiger partial charge on any atom is -0.359 e. The van der Waals surface area contributed by atoms with Gasteiger partial charge in [0.25, 0.3) is 0 Å². The minimum atomic E-state index is 0.271. The van der Waals surface area contributed by atoms with Crippen molar-refractivity contribution in [1.82, 2.24) is 4.90 Å². The fourth-order valence-corrected chi connectivity index (χ4v) is 1.76. The van der Waals surface area contributed by atoms with Crippen molar-refractivity contribution >= 4 is 12.6 Å². The van der Waals surface area contributed by atoms with E-state index < -0.39 is 0 Å². The van der Waals surface area contributed by atoms with Crippen LogP contribution >= 0.6 is 12.6 Å². The Bertz CT molecular complexity index is 127. The molecule has 2 nitrogen and oxygen atoms in total. The third kappa shape index (κ3) is 2.10. The second-order valence-electron chi connectivity index (χ2n) is 3.27. The maximum absolute atomic E-state index is 5.59. The predicted octanol–water partition coefficient (Wildman–Crippen LogP) is 1.37. The van der Waals surface area contributed by atoms with Gasteiger partial charge in [0.05, 0.1) is 6.10 Å². The zero-order chi connectivity index (χ0) is 8.43. The molecular weight excluding hydrogens is 158 g/mol. The molecule has 1 aliphatic rings. The molecule has 0 N–H and O–H groups in total. The molecule has 66 valence electrons. The lowest BCUT2D eigenvalue weighted by Gasteiger charge is -2.25. The second-order valence-corrected chi connectivity index (χ2v) is 3.64. The van der Waals surface area contributed by atoms with E-state index in [4.69, 9.17) is 4.74 Å². The lowest BCUT2D eigenvalue weighted by atomic mass is 10.3. The van der Waals surface area contributed by atoms with Crippen LogP contribution in [0, 0.1) is 0 Å². The maximum atomic E-state index is 5.59. The summed E-state index contributed by atoms with van der Waals surface area (Å²) in [5, 5.41) is 0. The molecule has 0 bridgehead atoms. The van der Waals surface area contributed by atoms with E-state index in [0.29, 0.717) is 12.1 Å². The van der Waals surface area contributed by atoms with E-state index in [2.05, 4.69) is 38.3 Å². The van der Waals surface area contributed by atoms with Crippen molar-refractivity contribution in [2.75, 3.05) is 12.3 Å². The highest BCUT2D eigenvalue weighted by Gasteiger charge is 2.29. The Labute approximate surface area is 74.3 Å². The highest BCUT2D eigenvalue weighted by atomic mass is 32.1. The van der Waals surface area contributed by atoms with Crippen LogP contribution in [-0.4, -0.2) is 35.6 Å². The van der Waals surface area contributed by atoms with Crippen molar-refractivity contribution in [3.05, 3.63) is 0 Å². The summed E-state index contributed by atoms with van der Waals surface area (Å²) in [6.07, 6.45) is 0.652. The van der Waals surface area contributed by atoms with Crippen LogP contribution in [0.5, 0.6) is 0 Å². The lowest BCUT2D eigenvalue weighted by molar-refractivity contribution is 0.0108. The Morgan fingerprint density at radius 1 is 1.64 bits per heavy atom. The molecule has 1 aliphatic heterocycles. The maximum Gasteiger partial charge on any atom is 0.108 e. The third-order valence-corrected chi connectivity index (χ3v) is 2.72. The fourth-order valence-electron chi connectivity index (χ4n) is 1.55. The van der Waals surface area contributed by atoms with Gasteiger partial charge in [-0.1, -0.05) is 0 Å². The van der Waals surface area contributed by atoms with Gasteiger partial charge in [-0.05, 0) is 20.8 Å². The molecular formula is C8H17NOS. The highest BCUT2D eigenvalue weighted by molar-refractivity contribution is 7.80. The average Bonchev–Trinajstić information content (AvgIpc) is 2.28. The molecule has 1 saturated heterocycles. The summed E-state index contributed by atoms with van der Waals surface area (Å²) in [5.74, 6) is 0.903. The van der Waals surface area contributed by atoms with E-state index in [9.17, 15) is 0 Å². The minimum absolute atomic E-state index is 0.271. The van der Waals surface area contributed by atoms with E-state index in [1.807, 2.05) is 0 Å². The summed E-state index contributed by atoms with van der Waals surface area (Å²) < 4.78 is 5.59. The normalized spacial score (nSPS) is 36.0. The number of ether oxygens (including phenoxy) is 1. The van der Waals surface area contributed by atoms with Gasteiger partial charge in [-0.2, -0.15) is 12.6 Å². The van der Waals surface area contributed by atoms with Crippen LogP contribution in [0.4, 0.5) is 0 Å². The van der Waals surface area contributed by atoms with Crippen LogP contribution in [-0.2, 0) is 4.74 Å². The summed E-state index contributed by atoms with van der Waals surface area (Å²) in [6, 6.07) is 0.526. The molecule has 1 heterocycles. The van der Waals surface area contributed by atoms with Gasteiger partial charge >= 0.3 is 0 Å². The van der Waals surface area contributed by atoms with Gasteiger partial charge in [0.2, 0.25) is 0 Å². The molecule has 1 fully saturated rings. The monoisotopic (exact) mass is 175 g/mol. The number of hydrogen-bond acceptors (Lipinski definition) is 3. The Hall–Kier alpha value is 0.270. The molecule has 3 heteroatoms. The molecule has 0 aromatic rings. The van der Waals surface area contributed by atoms with E-state index in [0.717, 1.165) is 12.3 Å². The SMILES string of the molecule is CC(CS)N1C[C@H](C)OC1C. The van der Waals surface area contributed by atoms with Gasteiger partial charge in [0.1, 0.15) is 6.23 Å². The first-order valence-electron chi connectivity index (χ1n) is 4.17. The fraction of sp³-hybridized carbons (Fsp3) is 1.00. The van der Waals surface area contributed by atoms with Crippen molar-refractivity contribution in [2.45, 2.75) is 39.1 Å².